The van der Waals surface area contributed by atoms with Gasteiger partial charge in [-0.15, -0.1) is 0 Å². The molecule has 0 amide bonds. The van der Waals surface area contributed by atoms with Crippen molar-refractivity contribution in [3.8, 4) is 5.75 Å². The van der Waals surface area contributed by atoms with Crippen molar-refractivity contribution in [2.45, 2.75) is 44.6 Å². The van der Waals surface area contributed by atoms with E-state index in [4.69, 9.17) is 5.73 Å². The van der Waals surface area contributed by atoms with Gasteiger partial charge < -0.3 is 10.5 Å². The van der Waals surface area contributed by atoms with Crippen LogP contribution in [0, 0.1) is 6.92 Å². The molecular formula is C14H19F2NO. The quantitative estimate of drug-likeness (QED) is 0.895. The highest BCUT2D eigenvalue weighted by Gasteiger charge is 2.34. The standard InChI is InChI=1S/C14H19F2NO/c1-10-4-5-11(8-12(10)18-13(15)16)14(9-17)6-2-3-7-14/h4-5,8,13H,2-3,6-7,9,17H2,1H3. The Morgan fingerprint density at radius 2 is 2.00 bits per heavy atom. The second-order valence-corrected chi connectivity index (χ2v) is 5.05. The summed E-state index contributed by atoms with van der Waals surface area (Å²) in [6.07, 6.45) is 4.35. The van der Waals surface area contributed by atoms with Crippen LogP contribution in [0.25, 0.3) is 0 Å². The number of aryl methyl sites for hydroxylation is 1. The predicted octanol–water partition coefficient (Wildman–Crippen LogP) is 3.37. The van der Waals surface area contributed by atoms with E-state index >= 15 is 0 Å². The Bertz CT molecular complexity index is 414. The fourth-order valence-corrected chi connectivity index (χ4v) is 2.82. The highest BCUT2D eigenvalue weighted by atomic mass is 19.3. The summed E-state index contributed by atoms with van der Waals surface area (Å²) in [5.74, 6) is 0.266. The zero-order valence-electron chi connectivity index (χ0n) is 10.6. The molecule has 0 heterocycles. The average Bonchev–Trinajstić information content (AvgIpc) is 2.81. The SMILES string of the molecule is Cc1ccc(C2(CN)CCCC2)cc1OC(F)F. The maximum absolute atomic E-state index is 12.3. The van der Waals surface area contributed by atoms with Gasteiger partial charge in [0.05, 0.1) is 0 Å². The van der Waals surface area contributed by atoms with Crippen LogP contribution >= 0.6 is 0 Å². The third-order valence-electron chi connectivity index (χ3n) is 3.97. The van der Waals surface area contributed by atoms with E-state index in [-0.39, 0.29) is 11.2 Å². The van der Waals surface area contributed by atoms with Crippen molar-refractivity contribution in [1.82, 2.24) is 0 Å². The molecule has 1 aliphatic carbocycles. The van der Waals surface area contributed by atoms with Gasteiger partial charge in [0.1, 0.15) is 5.75 Å². The molecule has 1 aliphatic rings. The van der Waals surface area contributed by atoms with Gasteiger partial charge in [-0.1, -0.05) is 25.0 Å². The van der Waals surface area contributed by atoms with Gasteiger partial charge in [-0.05, 0) is 37.0 Å². The molecule has 0 aromatic heterocycles. The summed E-state index contributed by atoms with van der Waals surface area (Å²) in [6.45, 7) is -0.452. The molecule has 2 N–H and O–H groups in total. The van der Waals surface area contributed by atoms with E-state index in [1.807, 2.05) is 12.1 Å². The van der Waals surface area contributed by atoms with Crippen LogP contribution in [0.3, 0.4) is 0 Å². The van der Waals surface area contributed by atoms with Gasteiger partial charge in [0.25, 0.3) is 0 Å². The summed E-state index contributed by atoms with van der Waals surface area (Å²) in [7, 11) is 0. The van der Waals surface area contributed by atoms with Gasteiger partial charge in [-0.3, -0.25) is 0 Å². The normalized spacial score (nSPS) is 18.3. The molecule has 0 saturated heterocycles. The molecule has 1 fully saturated rings. The number of hydrogen-bond acceptors (Lipinski definition) is 2. The molecule has 4 heteroatoms. The van der Waals surface area contributed by atoms with Crippen LogP contribution in [0.15, 0.2) is 18.2 Å². The minimum atomic E-state index is -2.78. The third-order valence-corrected chi connectivity index (χ3v) is 3.97. The van der Waals surface area contributed by atoms with Crippen LogP contribution in [0.4, 0.5) is 8.78 Å². The van der Waals surface area contributed by atoms with Crippen LogP contribution in [0.2, 0.25) is 0 Å². The van der Waals surface area contributed by atoms with Gasteiger partial charge >= 0.3 is 6.61 Å². The average molecular weight is 255 g/mol. The third kappa shape index (κ3) is 2.48. The summed E-state index contributed by atoms with van der Waals surface area (Å²) < 4.78 is 29.2. The molecule has 0 atom stereocenters. The molecule has 1 aromatic carbocycles. The fourth-order valence-electron chi connectivity index (χ4n) is 2.82. The lowest BCUT2D eigenvalue weighted by Gasteiger charge is -2.28. The van der Waals surface area contributed by atoms with Crippen LogP contribution < -0.4 is 10.5 Å². The van der Waals surface area contributed by atoms with E-state index in [1.54, 1.807) is 13.0 Å². The second kappa shape index (κ2) is 5.22. The summed E-state index contributed by atoms with van der Waals surface area (Å²) in [6, 6.07) is 5.56. The summed E-state index contributed by atoms with van der Waals surface area (Å²) >= 11 is 0. The molecule has 2 nitrogen and oxygen atoms in total. The maximum atomic E-state index is 12.3. The number of hydrogen-bond donors (Lipinski definition) is 1. The van der Waals surface area contributed by atoms with E-state index in [0.717, 1.165) is 36.8 Å². The summed E-state index contributed by atoms with van der Waals surface area (Å²) in [5.41, 5.74) is 7.61. The lowest BCUT2D eigenvalue weighted by Crippen LogP contribution is -2.32. The highest BCUT2D eigenvalue weighted by Crippen LogP contribution is 2.41. The minimum Gasteiger partial charge on any atom is -0.435 e. The molecule has 2 rings (SSSR count). The Labute approximate surface area is 106 Å². The molecule has 100 valence electrons. The Balaban J connectivity index is 2.33. The van der Waals surface area contributed by atoms with Crippen molar-refractivity contribution >= 4 is 0 Å². The highest BCUT2D eigenvalue weighted by molar-refractivity contribution is 5.40. The zero-order chi connectivity index (χ0) is 13.2. The van der Waals surface area contributed by atoms with Crippen LogP contribution in [-0.2, 0) is 5.41 Å². The number of alkyl halides is 2. The van der Waals surface area contributed by atoms with Crippen molar-refractivity contribution in [2.24, 2.45) is 5.73 Å². The largest absolute Gasteiger partial charge is 0.435 e. The van der Waals surface area contributed by atoms with Gasteiger partial charge in [0.2, 0.25) is 0 Å². The number of rotatable bonds is 4. The first-order valence-corrected chi connectivity index (χ1v) is 6.33. The van der Waals surface area contributed by atoms with Crippen LogP contribution in [0.1, 0.15) is 36.8 Å². The van der Waals surface area contributed by atoms with Crippen molar-refractivity contribution in [3.05, 3.63) is 29.3 Å². The van der Waals surface area contributed by atoms with Crippen LogP contribution in [-0.4, -0.2) is 13.2 Å². The summed E-state index contributed by atoms with van der Waals surface area (Å²) in [5, 5.41) is 0. The molecule has 1 saturated carbocycles. The van der Waals surface area contributed by atoms with E-state index in [9.17, 15) is 8.78 Å². The fraction of sp³-hybridized carbons (Fsp3) is 0.571. The van der Waals surface area contributed by atoms with Crippen LogP contribution in [0.5, 0.6) is 5.75 Å². The first kappa shape index (κ1) is 13.3. The summed E-state index contributed by atoms with van der Waals surface area (Å²) in [4.78, 5) is 0. The molecule has 0 aliphatic heterocycles. The van der Waals surface area contributed by atoms with Crippen molar-refractivity contribution in [3.63, 3.8) is 0 Å². The van der Waals surface area contributed by atoms with Gasteiger partial charge in [0.15, 0.2) is 0 Å². The molecule has 0 radical (unpaired) electrons. The second-order valence-electron chi connectivity index (χ2n) is 5.05. The van der Waals surface area contributed by atoms with Gasteiger partial charge in [-0.25, -0.2) is 0 Å². The Morgan fingerprint density at radius 1 is 1.33 bits per heavy atom. The van der Waals surface area contributed by atoms with E-state index in [2.05, 4.69) is 4.74 Å². The smallest absolute Gasteiger partial charge is 0.387 e. The number of halogens is 2. The topological polar surface area (TPSA) is 35.2 Å². The molecule has 18 heavy (non-hydrogen) atoms. The van der Waals surface area contributed by atoms with Gasteiger partial charge in [-0.2, -0.15) is 8.78 Å². The first-order chi connectivity index (χ1) is 8.57. The number of benzene rings is 1. The van der Waals surface area contributed by atoms with E-state index < -0.39 is 6.61 Å². The monoisotopic (exact) mass is 255 g/mol. The Morgan fingerprint density at radius 3 is 2.56 bits per heavy atom. The van der Waals surface area contributed by atoms with E-state index in [0.29, 0.717) is 6.54 Å². The molecule has 0 unspecified atom stereocenters. The van der Waals surface area contributed by atoms with Gasteiger partial charge in [0, 0.05) is 12.0 Å². The lowest BCUT2D eigenvalue weighted by molar-refractivity contribution is -0.0503. The molecule has 1 aromatic rings. The Hall–Kier alpha value is -1.16. The minimum absolute atomic E-state index is 0.0477. The predicted molar refractivity (Wildman–Crippen MR) is 67.0 cm³/mol. The lowest BCUT2D eigenvalue weighted by atomic mass is 9.78. The number of ether oxygens (including phenoxy) is 1. The van der Waals surface area contributed by atoms with Crippen molar-refractivity contribution < 1.29 is 13.5 Å². The maximum Gasteiger partial charge on any atom is 0.387 e. The van der Waals surface area contributed by atoms with Crippen molar-refractivity contribution in [2.75, 3.05) is 6.54 Å². The van der Waals surface area contributed by atoms with E-state index in [1.165, 1.54) is 0 Å². The van der Waals surface area contributed by atoms with Crippen molar-refractivity contribution in [1.29, 1.82) is 0 Å². The zero-order valence-corrected chi connectivity index (χ0v) is 10.6. The first-order valence-electron chi connectivity index (χ1n) is 6.33. The molecule has 0 spiro atoms. The Kier molecular flexibility index (Phi) is 3.85. The molecule has 0 bridgehead atoms. The molecular weight excluding hydrogens is 236 g/mol. The number of nitrogens with two attached hydrogens (primary N) is 1.